The molecule has 1 aromatic carbocycles. The van der Waals surface area contributed by atoms with Gasteiger partial charge >= 0.3 is 0 Å². The summed E-state index contributed by atoms with van der Waals surface area (Å²) in [6, 6.07) is 2.87. The predicted octanol–water partition coefficient (Wildman–Crippen LogP) is 2.91. The van der Waals surface area contributed by atoms with Crippen LogP contribution < -0.4 is 10.5 Å². The Morgan fingerprint density at radius 2 is 1.88 bits per heavy atom. The summed E-state index contributed by atoms with van der Waals surface area (Å²) in [6.45, 7) is 8.43. The third-order valence-corrected chi connectivity index (χ3v) is 2.20. The molecule has 1 aromatic rings. The second-order valence-corrected chi connectivity index (χ2v) is 4.95. The zero-order chi connectivity index (χ0) is 13.1. The summed E-state index contributed by atoms with van der Waals surface area (Å²) in [5, 5.41) is 0. The normalized spacial score (nSPS) is 11.6. The summed E-state index contributed by atoms with van der Waals surface area (Å²) >= 11 is 0. The molecule has 0 bridgehead atoms. The van der Waals surface area contributed by atoms with Crippen LogP contribution in [0.3, 0.4) is 0 Å². The van der Waals surface area contributed by atoms with E-state index in [1.165, 1.54) is 6.07 Å². The monoisotopic (exact) mass is 241 g/mol. The van der Waals surface area contributed by atoms with E-state index in [-0.39, 0.29) is 11.4 Å². The van der Waals surface area contributed by atoms with Crippen molar-refractivity contribution in [2.45, 2.75) is 33.3 Å². The van der Waals surface area contributed by atoms with E-state index in [0.29, 0.717) is 18.9 Å². The number of rotatable bonds is 4. The van der Waals surface area contributed by atoms with E-state index in [0.717, 1.165) is 5.56 Å². The minimum Gasteiger partial charge on any atom is -0.488 e. The van der Waals surface area contributed by atoms with Crippen LogP contribution in [0.1, 0.15) is 26.3 Å². The first-order chi connectivity index (χ1) is 7.79. The number of aryl methyl sites for hydroxylation is 1. The minimum atomic E-state index is -0.441. The van der Waals surface area contributed by atoms with Gasteiger partial charge < -0.3 is 15.2 Å². The van der Waals surface area contributed by atoms with Gasteiger partial charge in [-0.15, -0.1) is 0 Å². The van der Waals surface area contributed by atoms with Gasteiger partial charge in [0.15, 0.2) is 11.6 Å². The average Bonchev–Trinajstić information content (AvgIpc) is 2.18. The molecule has 0 radical (unpaired) electrons. The Balaban J connectivity index is 2.50. The molecule has 0 saturated heterocycles. The van der Waals surface area contributed by atoms with E-state index < -0.39 is 5.82 Å². The molecule has 0 fully saturated rings. The molecule has 17 heavy (non-hydrogen) atoms. The standard InChI is InChI=1S/C13H20FNO2/c1-9-7-12(10(14)8-11(9)15)16-5-6-17-13(2,3)4/h7-8H,5-6,15H2,1-4H3. The second-order valence-electron chi connectivity index (χ2n) is 4.95. The van der Waals surface area contributed by atoms with Gasteiger partial charge in [-0.25, -0.2) is 4.39 Å². The lowest BCUT2D eigenvalue weighted by Gasteiger charge is -2.19. The highest BCUT2D eigenvalue weighted by Gasteiger charge is 2.10. The molecule has 0 aliphatic carbocycles. The molecular formula is C13H20FNO2. The average molecular weight is 241 g/mol. The van der Waals surface area contributed by atoms with Crippen LogP contribution in [0.15, 0.2) is 12.1 Å². The Morgan fingerprint density at radius 1 is 1.24 bits per heavy atom. The molecule has 4 heteroatoms. The van der Waals surface area contributed by atoms with E-state index in [1.807, 2.05) is 27.7 Å². The Bertz CT molecular complexity index is 386. The third kappa shape index (κ3) is 4.61. The van der Waals surface area contributed by atoms with Crippen molar-refractivity contribution in [2.24, 2.45) is 0 Å². The first kappa shape index (κ1) is 13.8. The van der Waals surface area contributed by atoms with Crippen molar-refractivity contribution >= 4 is 5.69 Å². The summed E-state index contributed by atoms with van der Waals surface area (Å²) in [5.74, 6) is -0.224. The predicted molar refractivity (Wildman–Crippen MR) is 66.7 cm³/mol. The molecule has 0 spiro atoms. The largest absolute Gasteiger partial charge is 0.488 e. The molecule has 0 amide bonds. The molecular weight excluding hydrogens is 221 g/mol. The van der Waals surface area contributed by atoms with Crippen molar-refractivity contribution in [3.63, 3.8) is 0 Å². The van der Waals surface area contributed by atoms with Gasteiger partial charge in [0.05, 0.1) is 12.2 Å². The highest BCUT2D eigenvalue weighted by Crippen LogP contribution is 2.23. The van der Waals surface area contributed by atoms with Gasteiger partial charge in [-0.1, -0.05) is 0 Å². The zero-order valence-corrected chi connectivity index (χ0v) is 10.8. The van der Waals surface area contributed by atoms with Crippen LogP contribution in [0.4, 0.5) is 10.1 Å². The number of hydrogen-bond donors (Lipinski definition) is 1. The van der Waals surface area contributed by atoms with Crippen molar-refractivity contribution in [3.05, 3.63) is 23.5 Å². The van der Waals surface area contributed by atoms with Crippen molar-refractivity contribution in [1.82, 2.24) is 0 Å². The highest BCUT2D eigenvalue weighted by molar-refractivity contribution is 5.50. The lowest BCUT2D eigenvalue weighted by Crippen LogP contribution is -2.22. The van der Waals surface area contributed by atoms with Crippen LogP contribution in [0, 0.1) is 12.7 Å². The maximum absolute atomic E-state index is 13.4. The van der Waals surface area contributed by atoms with Crippen LogP contribution in [-0.4, -0.2) is 18.8 Å². The Morgan fingerprint density at radius 3 is 2.47 bits per heavy atom. The first-order valence-corrected chi connectivity index (χ1v) is 5.62. The maximum atomic E-state index is 13.4. The van der Waals surface area contributed by atoms with Crippen molar-refractivity contribution in [2.75, 3.05) is 18.9 Å². The van der Waals surface area contributed by atoms with E-state index in [4.69, 9.17) is 15.2 Å². The number of hydrogen-bond acceptors (Lipinski definition) is 3. The summed E-state index contributed by atoms with van der Waals surface area (Å²) in [6.07, 6.45) is 0. The number of halogens is 1. The molecule has 0 unspecified atom stereocenters. The summed E-state index contributed by atoms with van der Waals surface area (Å²) in [7, 11) is 0. The smallest absolute Gasteiger partial charge is 0.167 e. The van der Waals surface area contributed by atoms with Crippen LogP contribution in [-0.2, 0) is 4.74 Å². The number of nitrogen functional groups attached to an aromatic ring is 1. The molecule has 3 nitrogen and oxygen atoms in total. The van der Waals surface area contributed by atoms with E-state index in [1.54, 1.807) is 6.07 Å². The summed E-state index contributed by atoms with van der Waals surface area (Å²) in [4.78, 5) is 0. The first-order valence-electron chi connectivity index (χ1n) is 5.62. The molecule has 0 aromatic heterocycles. The summed E-state index contributed by atoms with van der Waals surface area (Å²) in [5.41, 5.74) is 6.61. The third-order valence-electron chi connectivity index (χ3n) is 2.20. The molecule has 96 valence electrons. The number of anilines is 1. The van der Waals surface area contributed by atoms with E-state index >= 15 is 0 Å². The van der Waals surface area contributed by atoms with Crippen LogP contribution in [0.5, 0.6) is 5.75 Å². The van der Waals surface area contributed by atoms with Gasteiger partial charge in [0.2, 0.25) is 0 Å². The molecule has 0 atom stereocenters. The van der Waals surface area contributed by atoms with Crippen LogP contribution in [0.2, 0.25) is 0 Å². The zero-order valence-electron chi connectivity index (χ0n) is 10.8. The van der Waals surface area contributed by atoms with Crippen molar-refractivity contribution in [3.8, 4) is 5.75 Å². The van der Waals surface area contributed by atoms with Gasteiger partial charge in [-0.05, 0) is 39.3 Å². The lowest BCUT2D eigenvalue weighted by atomic mass is 10.2. The quantitative estimate of drug-likeness (QED) is 0.651. The van der Waals surface area contributed by atoms with E-state index in [9.17, 15) is 4.39 Å². The molecule has 0 saturated carbocycles. The maximum Gasteiger partial charge on any atom is 0.167 e. The Labute approximate surface area is 102 Å². The fraction of sp³-hybridized carbons (Fsp3) is 0.538. The van der Waals surface area contributed by atoms with Crippen LogP contribution in [0.25, 0.3) is 0 Å². The SMILES string of the molecule is Cc1cc(OCCOC(C)(C)C)c(F)cc1N. The minimum absolute atomic E-state index is 0.209. The molecule has 1 rings (SSSR count). The molecule has 2 N–H and O–H groups in total. The molecule has 0 aliphatic heterocycles. The number of ether oxygens (including phenoxy) is 2. The van der Waals surface area contributed by atoms with Gasteiger partial charge in [-0.2, -0.15) is 0 Å². The van der Waals surface area contributed by atoms with Crippen LogP contribution >= 0.6 is 0 Å². The van der Waals surface area contributed by atoms with Crippen molar-refractivity contribution < 1.29 is 13.9 Å². The topological polar surface area (TPSA) is 44.5 Å². The summed E-state index contributed by atoms with van der Waals surface area (Å²) < 4.78 is 24.2. The van der Waals surface area contributed by atoms with Crippen molar-refractivity contribution in [1.29, 1.82) is 0 Å². The number of benzene rings is 1. The second kappa shape index (κ2) is 5.36. The highest BCUT2D eigenvalue weighted by atomic mass is 19.1. The van der Waals surface area contributed by atoms with Gasteiger partial charge in [-0.3, -0.25) is 0 Å². The molecule has 0 aliphatic rings. The lowest BCUT2D eigenvalue weighted by molar-refractivity contribution is -0.0166. The molecule has 0 heterocycles. The van der Waals surface area contributed by atoms with Gasteiger partial charge in [0.25, 0.3) is 0 Å². The Kier molecular flexibility index (Phi) is 4.34. The fourth-order valence-electron chi connectivity index (χ4n) is 1.28. The van der Waals surface area contributed by atoms with Gasteiger partial charge in [0.1, 0.15) is 6.61 Å². The van der Waals surface area contributed by atoms with Gasteiger partial charge in [0, 0.05) is 11.8 Å². The Hall–Kier alpha value is -1.29. The number of nitrogens with two attached hydrogens (primary N) is 1. The van der Waals surface area contributed by atoms with E-state index in [2.05, 4.69) is 0 Å². The fourth-order valence-corrected chi connectivity index (χ4v) is 1.28.